The molecule has 0 saturated carbocycles. The first-order chi connectivity index (χ1) is 12.4. The van der Waals surface area contributed by atoms with Crippen molar-refractivity contribution in [3.8, 4) is 11.5 Å². The molecule has 0 aliphatic heterocycles. The summed E-state index contributed by atoms with van der Waals surface area (Å²) in [5.41, 5.74) is 3.24. The number of rotatable bonds is 8. The number of aryl methyl sites for hydroxylation is 2. The third-order valence-corrected chi connectivity index (χ3v) is 3.87. The molecule has 140 valence electrons. The zero-order chi connectivity index (χ0) is 19.1. The number of carbonyl (C=O) groups is 1. The van der Waals surface area contributed by atoms with Gasteiger partial charge >= 0.3 is 0 Å². The number of amides is 1. The van der Waals surface area contributed by atoms with Crippen molar-refractivity contribution in [1.82, 2.24) is 5.32 Å². The van der Waals surface area contributed by atoms with E-state index in [0.717, 1.165) is 28.2 Å². The molecule has 0 heterocycles. The van der Waals surface area contributed by atoms with Gasteiger partial charge in [0, 0.05) is 6.54 Å². The van der Waals surface area contributed by atoms with E-state index in [9.17, 15) is 4.79 Å². The minimum atomic E-state index is -0.508. The number of hydrogen-bond acceptors (Lipinski definition) is 3. The lowest BCUT2D eigenvalue weighted by atomic mass is 10.1. The average Bonchev–Trinajstić information content (AvgIpc) is 2.56. The summed E-state index contributed by atoms with van der Waals surface area (Å²) >= 11 is 0. The standard InChI is InChI=1S/C22H29NO3/c1-6-21(26-20-11-16(4)10-17(5)12-20)22(24)23-14-18-8-7-9-19(13-18)25-15(2)3/h7-13,15,21H,6,14H2,1-5H3,(H,23,24)/t21-/m0/s1. The fourth-order valence-corrected chi connectivity index (χ4v) is 2.79. The van der Waals surface area contributed by atoms with Crippen LogP contribution in [0.1, 0.15) is 43.9 Å². The van der Waals surface area contributed by atoms with Gasteiger partial charge in [0.15, 0.2) is 6.10 Å². The van der Waals surface area contributed by atoms with Crippen molar-refractivity contribution in [2.75, 3.05) is 0 Å². The van der Waals surface area contributed by atoms with Crippen LogP contribution in [-0.2, 0) is 11.3 Å². The summed E-state index contributed by atoms with van der Waals surface area (Å²) in [6.45, 7) is 10.4. The molecule has 4 heteroatoms. The van der Waals surface area contributed by atoms with Crippen molar-refractivity contribution in [1.29, 1.82) is 0 Å². The second-order valence-electron chi connectivity index (χ2n) is 6.87. The SMILES string of the molecule is CC[C@H](Oc1cc(C)cc(C)c1)C(=O)NCc1cccc(OC(C)C)c1. The van der Waals surface area contributed by atoms with Crippen LogP contribution in [-0.4, -0.2) is 18.1 Å². The molecule has 0 unspecified atom stereocenters. The number of carbonyl (C=O) groups excluding carboxylic acids is 1. The zero-order valence-electron chi connectivity index (χ0n) is 16.3. The minimum absolute atomic E-state index is 0.109. The van der Waals surface area contributed by atoms with E-state index in [4.69, 9.17) is 9.47 Å². The molecule has 0 spiro atoms. The van der Waals surface area contributed by atoms with Crippen LogP contribution in [0.25, 0.3) is 0 Å². The Kier molecular flexibility index (Phi) is 7.07. The molecule has 2 aromatic rings. The number of hydrogen-bond donors (Lipinski definition) is 1. The van der Waals surface area contributed by atoms with Gasteiger partial charge in [-0.2, -0.15) is 0 Å². The maximum atomic E-state index is 12.5. The molecule has 0 aromatic heterocycles. The lowest BCUT2D eigenvalue weighted by Crippen LogP contribution is -2.37. The zero-order valence-corrected chi connectivity index (χ0v) is 16.3. The smallest absolute Gasteiger partial charge is 0.261 e. The topological polar surface area (TPSA) is 47.6 Å². The van der Waals surface area contributed by atoms with Gasteiger partial charge < -0.3 is 14.8 Å². The summed E-state index contributed by atoms with van der Waals surface area (Å²) in [5.74, 6) is 1.43. The molecular formula is C22H29NO3. The summed E-state index contributed by atoms with van der Waals surface area (Å²) in [5, 5.41) is 2.96. The summed E-state index contributed by atoms with van der Waals surface area (Å²) in [4.78, 5) is 12.5. The van der Waals surface area contributed by atoms with Gasteiger partial charge in [-0.05, 0) is 75.1 Å². The third kappa shape index (κ3) is 6.10. The first-order valence-corrected chi connectivity index (χ1v) is 9.15. The van der Waals surface area contributed by atoms with Crippen LogP contribution in [0.4, 0.5) is 0 Å². The fraction of sp³-hybridized carbons (Fsp3) is 0.409. The van der Waals surface area contributed by atoms with Crippen LogP contribution in [0.3, 0.4) is 0 Å². The summed E-state index contributed by atoms with van der Waals surface area (Å²) < 4.78 is 11.6. The van der Waals surface area contributed by atoms with Crippen molar-refractivity contribution in [3.63, 3.8) is 0 Å². The van der Waals surface area contributed by atoms with E-state index in [1.165, 1.54) is 0 Å². The van der Waals surface area contributed by atoms with Gasteiger partial charge in [-0.1, -0.05) is 25.1 Å². The van der Waals surface area contributed by atoms with Crippen LogP contribution >= 0.6 is 0 Å². The Morgan fingerprint density at radius 1 is 1.00 bits per heavy atom. The van der Waals surface area contributed by atoms with Gasteiger partial charge in [-0.15, -0.1) is 0 Å². The van der Waals surface area contributed by atoms with E-state index in [1.807, 2.05) is 71.0 Å². The summed E-state index contributed by atoms with van der Waals surface area (Å²) in [6, 6.07) is 13.8. The Bertz CT molecular complexity index is 720. The summed E-state index contributed by atoms with van der Waals surface area (Å²) in [6.07, 6.45) is 0.219. The van der Waals surface area contributed by atoms with E-state index in [-0.39, 0.29) is 12.0 Å². The Balaban J connectivity index is 1.96. The Labute approximate surface area is 156 Å². The van der Waals surface area contributed by atoms with E-state index >= 15 is 0 Å². The second kappa shape index (κ2) is 9.27. The lowest BCUT2D eigenvalue weighted by Gasteiger charge is -2.18. The molecule has 0 aliphatic carbocycles. The molecular weight excluding hydrogens is 326 g/mol. The Hall–Kier alpha value is -2.49. The maximum absolute atomic E-state index is 12.5. The van der Waals surface area contributed by atoms with E-state index in [0.29, 0.717) is 13.0 Å². The Morgan fingerprint density at radius 3 is 2.31 bits per heavy atom. The number of ether oxygens (including phenoxy) is 2. The van der Waals surface area contributed by atoms with Gasteiger partial charge in [-0.25, -0.2) is 0 Å². The molecule has 0 saturated heterocycles. The lowest BCUT2D eigenvalue weighted by molar-refractivity contribution is -0.128. The second-order valence-corrected chi connectivity index (χ2v) is 6.87. The monoisotopic (exact) mass is 355 g/mol. The Morgan fingerprint density at radius 2 is 1.69 bits per heavy atom. The first-order valence-electron chi connectivity index (χ1n) is 9.15. The highest BCUT2D eigenvalue weighted by molar-refractivity contribution is 5.81. The largest absolute Gasteiger partial charge is 0.491 e. The quantitative estimate of drug-likeness (QED) is 0.755. The van der Waals surface area contributed by atoms with Gasteiger partial charge in [0.25, 0.3) is 5.91 Å². The molecule has 0 bridgehead atoms. The van der Waals surface area contributed by atoms with Crippen molar-refractivity contribution in [2.45, 2.75) is 59.8 Å². The molecule has 1 N–H and O–H groups in total. The highest BCUT2D eigenvalue weighted by atomic mass is 16.5. The average molecular weight is 355 g/mol. The van der Waals surface area contributed by atoms with Crippen LogP contribution < -0.4 is 14.8 Å². The van der Waals surface area contributed by atoms with Gasteiger partial charge in [0.05, 0.1) is 6.10 Å². The van der Waals surface area contributed by atoms with Crippen molar-refractivity contribution < 1.29 is 14.3 Å². The number of benzene rings is 2. The van der Waals surface area contributed by atoms with Crippen LogP contribution in [0.2, 0.25) is 0 Å². The highest BCUT2D eigenvalue weighted by Gasteiger charge is 2.18. The number of nitrogens with one attached hydrogen (secondary N) is 1. The minimum Gasteiger partial charge on any atom is -0.491 e. The molecule has 1 amide bonds. The van der Waals surface area contributed by atoms with Gasteiger partial charge in [0.2, 0.25) is 0 Å². The predicted octanol–water partition coefficient (Wildman–Crippen LogP) is 4.56. The first kappa shape index (κ1) is 19.8. The van der Waals surface area contributed by atoms with Crippen LogP contribution in [0.15, 0.2) is 42.5 Å². The third-order valence-electron chi connectivity index (χ3n) is 3.87. The molecule has 26 heavy (non-hydrogen) atoms. The van der Waals surface area contributed by atoms with Gasteiger partial charge in [-0.3, -0.25) is 4.79 Å². The van der Waals surface area contributed by atoms with Gasteiger partial charge in [0.1, 0.15) is 11.5 Å². The maximum Gasteiger partial charge on any atom is 0.261 e. The predicted molar refractivity (Wildman–Crippen MR) is 105 cm³/mol. The molecule has 2 rings (SSSR count). The molecule has 1 atom stereocenters. The van der Waals surface area contributed by atoms with Crippen LogP contribution in [0, 0.1) is 13.8 Å². The van der Waals surface area contributed by atoms with Crippen molar-refractivity contribution in [3.05, 3.63) is 59.2 Å². The fourth-order valence-electron chi connectivity index (χ4n) is 2.79. The molecule has 2 aromatic carbocycles. The van der Waals surface area contributed by atoms with E-state index in [2.05, 4.69) is 11.4 Å². The van der Waals surface area contributed by atoms with Crippen molar-refractivity contribution >= 4 is 5.91 Å². The molecule has 0 aliphatic rings. The van der Waals surface area contributed by atoms with E-state index in [1.54, 1.807) is 0 Å². The normalized spacial score (nSPS) is 11.9. The molecule has 4 nitrogen and oxygen atoms in total. The molecule has 0 fully saturated rings. The van der Waals surface area contributed by atoms with Crippen molar-refractivity contribution in [2.24, 2.45) is 0 Å². The van der Waals surface area contributed by atoms with E-state index < -0.39 is 6.10 Å². The van der Waals surface area contributed by atoms with Crippen LogP contribution in [0.5, 0.6) is 11.5 Å². The summed E-state index contributed by atoms with van der Waals surface area (Å²) in [7, 11) is 0. The highest BCUT2D eigenvalue weighted by Crippen LogP contribution is 2.19. The molecule has 0 radical (unpaired) electrons.